The minimum atomic E-state index is -0.972. The van der Waals surface area contributed by atoms with Crippen LogP contribution in [-0.2, 0) is 4.79 Å². The van der Waals surface area contributed by atoms with Gasteiger partial charge in [0.05, 0.1) is 16.2 Å². The first kappa shape index (κ1) is 18.9. The van der Waals surface area contributed by atoms with Crippen molar-refractivity contribution >= 4 is 40.6 Å². The molecule has 0 aliphatic carbocycles. The van der Waals surface area contributed by atoms with E-state index >= 15 is 0 Å². The molecule has 3 rings (SSSR count). The third-order valence-corrected chi connectivity index (χ3v) is 5.29. The number of para-hydroxylation sites is 1. The molecule has 1 N–H and O–H groups in total. The molecule has 2 aromatic rings. The minimum absolute atomic E-state index is 0.0350. The van der Waals surface area contributed by atoms with Gasteiger partial charge < -0.3 is 5.11 Å². The standard InChI is InChI=1S/C21H20N2O3S/c1-3-14(2)23-19(24)18(13-15-9-11-16(12-10-15)20(25)26)27-21(23)22-17-7-5-4-6-8-17/h4-14H,3H2,1-2H3,(H,25,26). The van der Waals surface area contributed by atoms with E-state index in [1.54, 1.807) is 23.1 Å². The van der Waals surface area contributed by atoms with Gasteiger partial charge in [-0.3, -0.25) is 9.69 Å². The van der Waals surface area contributed by atoms with Gasteiger partial charge >= 0.3 is 5.97 Å². The fourth-order valence-electron chi connectivity index (χ4n) is 2.62. The Labute approximate surface area is 162 Å². The fourth-order valence-corrected chi connectivity index (χ4v) is 3.71. The van der Waals surface area contributed by atoms with Crippen molar-refractivity contribution in [1.29, 1.82) is 0 Å². The molecule has 27 heavy (non-hydrogen) atoms. The van der Waals surface area contributed by atoms with Crippen molar-refractivity contribution in [3.05, 3.63) is 70.6 Å². The number of carbonyl (C=O) groups is 2. The van der Waals surface area contributed by atoms with Crippen LogP contribution in [0.25, 0.3) is 6.08 Å². The molecule has 1 fully saturated rings. The first-order valence-electron chi connectivity index (χ1n) is 8.69. The molecule has 138 valence electrons. The van der Waals surface area contributed by atoms with Crippen molar-refractivity contribution < 1.29 is 14.7 Å². The molecule has 1 aliphatic rings. The molecular weight excluding hydrogens is 360 g/mol. The van der Waals surface area contributed by atoms with E-state index in [9.17, 15) is 9.59 Å². The van der Waals surface area contributed by atoms with E-state index in [2.05, 4.69) is 4.99 Å². The van der Waals surface area contributed by atoms with E-state index in [-0.39, 0.29) is 17.5 Å². The highest BCUT2D eigenvalue weighted by Crippen LogP contribution is 2.35. The molecule has 0 saturated carbocycles. The molecule has 0 spiro atoms. The summed E-state index contributed by atoms with van der Waals surface area (Å²) in [6.45, 7) is 4.04. The maximum absolute atomic E-state index is 12.9. The van der Waals surface area contributed by atoms with Gasteiger partial charge in [-0.05, 0) is 61.0 Å². The van der Waals surface area contributed by atoms with Crippen LogP contribution in [-0.4, -0.2) is 33.1 Å². The second kappa shape index (κ2) is 8.22. The number of amidine groups is 1. The average molecular weight is 380 g/mol. The van der Waals surface area contributed by atoms with Crippen molar-refractivity contribution in [1.82, 2.24) is 4.90 Å². The molecule has 1 aliphatic heterocycles. The molecular formula is C21H20N2O3S. The summed E-state index contributed by atoms with van der Waals surface area (Å²) in [5, 5.41) is 9.66. The van der Waals surface area contributed by atoms with Crippen LogP contribution in [0.1, 0.15) is 36.2 Å². The summed E-state index contributed by atoms with van der Waals surface area (Å²) >= 11 is 1.34. The summed E-state index contributed by atoms with van der Waals surface area (Å²) in [5.74, 6) is -1.05. The van der Waals surface area contributed by atoms with Gasteiger partial charge in [-0.15, -0.1) is 0 Å². The van der Waals surface area contributed by atoms with Gasteiger partial charge in [0.1, 0.15) is 0 Å². The normalized spacial score (nSPS) is 18.3. The van der Waals surface area contributed by atoms with Crippen LogP contribution in [0, 0.1) is 0 Å². The maximum atomic E-state index is 12.9. The molecule has 1 saturated heterocycles. The summed E-state index contributed by atoms with van der Waals surface area (Å²) in [4.78, 5) is 30.9. The van der Waals surface area contributed by atoms with E-state index in [1.807, 2.05) is 44.2 Å². The first-order valence-corrected chi connectivity index (χ1v) is 9.51. The SMILES string of the molecule is CCC(C)N1C(=O)C(=Cc2ccc(C(=O)O)cc2)SC1=Nc1ccccc1. The molecule has 1 heterocycles. The number of amides is 1. The largest absolute Gasteiger partial charge is 0.478 e. The van der Waals surface area contributed by atoms with Crippen LogP contribution < -0.4 is 0 Å². The van der Waals surface area contributed by atoms with Gasteiger partial charge in [0, 0.05) is 6.04 Å². The second-order valence-corrected chi connectivity index (χ2v) is 7.21. The van der Waals surface area contributed by atoms with Gasteiger partial charge in [-0.1, -0.05) is 37.3 Å². The summed E-state index contributed by atoms with van der Waals surface area (Å²) in [6.07, 6.45) is 2.60. The highest BCUT2D eigenvalue weighted by atomic mass is 32.2. The Morgan fingerprint density at radius 1 is 1.19 bits per heavy atom. The highest BCUT2D eigenvalue weighted by molar-refractivity contribution is 8.18. The fraction of sp³-hybridized carbons (Fsp3) is 0.190. The molecule has 2 aromatic carbocycles. The summed E-state index contributed by atoms with van der Waals surface area (Å²) in [7, 11) is 0. The number of nitrogens with zero attached hydrogens (tertiary/aromatic N) is 2. The van der Waals surface area contributed by atoms with Crippen LogP contribution >= 0.6 is 11.8 Å². The van der Waals surface area contributed by atoms with Crippen molar-refractivity contribution in [3.8, 4) is 0 Å². The van der Waals surface area contributed by atoms with Gasteiger partial charge in [0.2, 0.25) is 0 Å². The summed E-state index contributed by atoms with van der Waals surface area (Å²) in [6, 6.07) is 16.0. The van der Waals surface area contributed by atoms with Crippen LogP contribution in [0.5, 0.6) is 0 Å². The van der Waals surface area contributed by atoms with E-state index in [1.165, 1.54) is 23.9 Å². The minimum Gasteiger partial charge on any atom is -0.478 e. The lowest BCUT2D eigenvalue weighted by Gasteiger charge is -2.22. The third kappa shape index (κ3) is 4.28. The number of aliphatic imine (C=N–C) groups is 1. The Hall–Kier alpha value is -2.86. The molecule has 1 amide bonds. The number of carboxylic acid groups (broad SMARTS) is 1. The zero-order chi connectivity index (χ0) is 19.4. The summed E-state index contributed by atoms with van der Waals surface area (Å²) in [5.41, 5.74) is 1.80. The number of benzene rings is 2. The van der Waals surface area contributed by atoms with Crippen LogP contribution in [0.2, 0.25) is 0 Å². The number of carboxylic acids is 1. The monoisotopic (exact) mass is 380 g/mol. The molecule has 1 atom stereocenters. The Morgan fingerprint density at radius 3 is 2.44 bits per heavy atom. The summed E-state index contributed by atoms with van der Waals surface area (Å²) < 4.78 is 0. The number of hydrogen-bond donors (Lipinski definition) is 1. The van der Waals surface area contributed by atoms with Gasteiger partial charge in [-0.2, -0.15) is 0 Å². The quantitative estimate of drug-likeness (QED) is 0.758. The number of thioether (sulfide) groups is 1. The Balaban J connectivity index is 1.94. The molecule has 0 bridgehead atoms. The number of rotatable bonds is 5. The first-order chi connectivity index (χ1) is 13.0. The number of carbonyl (C=O) groups excluding carboxylic acids is 1. The third-order valence-electron chi connectivity index (χ3n) is 4.30. The average Bonchev–Trinajstić information content (AvgIpc) is 2.97. The maximum Gasteiger partial charge on any atom is 0.335 e. The molecule has 0 radical (unpaired) electrons. The molecule has 0 aromatic heterocycles. The van der Waals surface area contributed by atoms with E-state index < -0.39 is 5.97 Å². The van der Waals surface area contributed by atoms with Crippen molar-refractivity contribution in [2.24, 2.45) is 4.99 Å². The lowest BCUT2D eigenvalue weighted by Crippen LogP contribution is -2.36. The molecule has 5 nitrogen and oxygen atoms in total. The van der Waals surface area contributed by atoms with E-state index in [4.69, 9.17) is 5.11 Å². The van der Waals surface area contributed by atoms with Crippen LogP contribution in [0.3, 0.4) is 0 Å². The van der Waals surface area contributed by atoms with E-state index in [0.29, 0.717) is 10.1 Å². The highest BCUT2D eigenvalue weighted by Gasteiger charge is 2.36. The van der Waals surface area contributed by atoms with Gasteiger partial charge in [-0.25, -0.2) is 9.79 Å². The zero-order valence-corrected chi connectivity index (χ0v) is 15.9. The predicted molar refractivity (Wildman–Crippen MR) is 109 cm³/mol. The smallest absolute Gasteiger partial charge is 0.335 e. The Morgan fingerprint density at radius 2 is 1.85 bits per heavy atom. The van der Waals surface area contributed by atoms with Crippen LogP contribution in [0.15, 0.2) is 64.5 Å². The molecule has 6 heteroatoms. The van der Waals surface area contributed by atoms with Crippen molar-refractivity contribution in [2.75, 3.05) is 0 Å². The lowest BCUT2D eigenvalue weighted by molar-refractivity contribution is -0.123. The number of aromatic carboxylic acids is 1. The molecule has 1 unspecified atom stereocenters. The predicted octanol–water partition coefficient (Wildman–Crippen LogP) is 4.79. The number of hydrogen-bond acceptors (Lipinski definition) is 4. The van der Waals surface area contributed by atoms with Crippen molar-refractivity contribution in [3.63, 3.8) is 0 Å². The Kier molecular flexibility index (Phi) is 5.76. The topological polar surface area (TPSA) is 70.0 Å². The zero-order valence-electron chi connectivity index (χ0n) is 15.1. The van der Waals surface area contributed by atoms with Gasteiger partial charge in [0.15, 0.2) is 5.17 Å². The second-order valence-electron chi connectivity index (χ2n) is 6.20. The lowest BCUT2D eigenvalue weighted by atomic mass is 10.1. The van der Waals surface area contributed by atoms with E-state index in [0.717, 1.165) is 17.7 Å². The van der Waals surface area contributed by atoms with Crippen LogP contribution in [0.4, 0.5) is 5.69 Å². The Bertz CT molecular complexity index is 905. The van der Waals surface area contributed by atoms with Crippen molar-refractivity contribution in [2.45, 2.75) is 26.3 Å². The van der Waals surface area contributed by atoms with Gasteiger partial charge in [0.25, 0.3) is 5.91 Å².